The van der Waals surface area contributed by atoms with E-state index in [0.717, 1.165) is 4.90 Å². The number of hydrogen-bond donors (Lipinski definition) is 1. The smallest absolute Gasteiger partial charge is 0.338 e. The molecule has 1 N–H and O–H groups in total. The molecule has 1 fully saturated rings. The molecule has 0 radical (unpaired) electrons. The van der Waals surface area contributed by atoms with Crippen LogP contribution in [0.3, 0.4) is 0 Å². The quantitative estimate of drug-likeness (QED) is 0.233. The van der Waals surface area contributed by atoms with Gasteiger partial charge in [0.15, 0.2) is 0 Å². The molecular formula is C26H19ClFNO5. The Balaban J connectivity index is 1.88. The van der Waals surface area contributed by atoms with Gasteiger partial charge in [-0.25, -0.2) is 9.18 Å². The molecule has 3 aromatic rings. The van der Waals surface area contributed by atoms with Crippen molar-refractivity contribution >= 4 is 40.7 Å². The van der Waals surface area contributed by atoms with E-state index >= 15 is 0 Å². The Bertz CT molecular complexity index is 1300. The van der Waals surface area contributed by atoms with E-state index in [2.05, 4.69) is 0 Å². The number of carbonyl (C=O) groups excluding carboxylic acids is 3. The Morgan fingerprint density at radius 3 is 2.24 bits per heavy atom. The number of carbonyl (C=O) groups is 3. The fourth-order valence-electron chi connectivity index (χ4n) is 3.83. The summed E-state index contributed by atoms with van der Waals surface area (Å²) in [5.41, 5.74) is 0.532. The van der Waals surface area contributed by atoms with Gasteiger partial charge in [-0.05, 0) is 61.5 Å². The molecule has 1 amide bonds. The van der Waals surface area contributed by atoms with Crippen LogP contribution in [0.25, 0.3) is 5.76 Å². The normalized spacial score (nSPS) is 17.1. The SMILES string of the molecule is CCOC(=O)c1ccc(N2C(=O)C(=O)/C(=C(/O)c3ccc(Cl)cc3)[C@@H]2c2ccccc2F)cc1. The zero-order valence-electron chi connectivity index (χ0n) is 18.0. The first-order chi connectivity index (χ1) is 16.3. The predicted octanol–water partition coefficient (Wildman–Crippen LogP) is 5.28. The largest absolute Gasteiger partial charge is 0.507 e. The van der Waals surface area contributed by atoms with Crippen molar-refractivity contribution in [1.29, 1.82) is 0 Å². The summed E-state index contributed by atoms with van der Waals surface area (Å²) < 4.78 is 19.9. The number of aliphatic hydroxyl groups is 1. The molecular weight excluding hydrogens is 461 g/mol. The molecule has 0 saturated carbocycles. The van der Waals surface area contributed by atoms with Gasteiger partial charge in [0.25, 0.3) is 11.7 Å². The maximum Gasteiger partial charge on any atom is 0.338 e. The number of amides is 1. The lowest BCUT2D eigenvalue weighted by atomic mass is 9.94. The van der Waals surface area contributed by atoms with E-state index in [1.165, 1.54) is 66.7 Å². The minimum absolute atomic E-state index is 0.0340. The van der Waals surface area contributed by atoms with Crippen LogP contribution in [-0.2, 0) is 14.3 Å². The van der Waals surface area contributed by atoms with Crippen molar-refractivity contribution in [3.8, 4) is 0 Å². The Labute approximate surface area is 199 Å². The summed E-state index contributed by atoms with van der Waals surface area (Å²) in [4.78, 5) is 39.3. The van der Waals surface area contributed by atoms with E-state index in [9.17, 15) is 23.9 Å². The van der Waals surface area contributed by atoms with E-state index < -0.39 is 35.3 Å². The maximum absolute atomic E-state index is 14.9. The van der Waals surface area contributed by atoms with Crippen LogP contribution >= 0.6 is 11.6 Å². The molecule has 1 heterocycles. The minimum Gasteiger partial charge on any atom is -0.507 e. The topological polar surface area (TPSA) is 83.9 Å². The summed E-state index contributed by atoms with van der Waals surface area (Å²) in [5, 5.41) is 11.4. The van der Waals surface area contributed by atoms with Crippen molar-refractivity contribution in [1.82, 2.24) is 0 Å². The van der Waals surface area contributed by atoms with Gasteiger partial charge in [0.2, 0.25) is 0 Å². The Hall–Kier alpha value is -3.97. The number of hydrogen-bond acceptors (Lipinski definition) is 5. The highest BCUT2D eigenvalue weighted by atomic mass is 35.5. The molecule has 0 unspecified atom stereocenters. The summed E-state index contributed by atoms with van der Waals surface area (Å²) in [6.45, 7) is 1.88. The van der Waals surface area contributed by atoms with Gasteiger partial charge in [-0.2, -0.15) is 0 Å². The van der Waals surface area contributed by atoms with Gasteiger partial charge in [0.1, 0.15) is 11.6 Å². The van der Waals surface area contributed by atoms with Gasteiger partial charge in [-0.15, -0.1) is 0 Å². The van der Waals surface area contributed by atoms with E-state index in [-0.39, 0.29) is 34.6 Å². The monoisotopic (exact) mass is 479 g/mol. The third-order valence-electron chi connectivity index (χ3n) is 5.42. The lowest BCUT2D eigenvalue weighted by Crippen LogP contribution is -2.29. The summed E-state index contributed by atoms with van der Waals surface area (Å²) in [5.74, 6) is -3.54. The first kappa shape index (κ1) is 23.2. The van der Waals surface area contributed by atoms with Gasteiger partial charge in [0.05, 0.1) is 23.8 Å². The zero-order valence-corrected chi connectivity index (χ0v) is 18.8. The second-order valence-electron chi connectivity index (χ2n) is 7.46. The predicted molar refractivity (Wildman–Crippen MR) is 125 cm³/mol. The third kappa shape index (κ3) is 4.18. The van der Waals surface area contributed by atoms with Gasteiger partial charge in [-0.3, -0.25) is 14.5 Å². The number of ketones is 1. The fourth-order valence-corrected chi connectivity index (χ4v) is 3.95. The number of aliphatic hydroxyl groups excluding tert-OH is 1. The summed E-state index contributed by atoms with van der Waals surface area (Å²) >= 11 is 5.92. The molecule has 3 aromatic carbocycles. The first-order valence-electron chi connectivity index (χ1n) is 10.4. The molecule has 8 heteroatoms. The Morgan fingerprint density at radius 2 is 1.62 bits per heavy atom. The molecule has 4 rings (SSSR count). The number of ether oxygens (including phenoxy) is 1. The number of anilines is 1. The number of nitrogens with zero attached hydrogens (tertiary/aromatic N) is 1. The van der Waals surface area contributed by atoms with E-state index in [0.29, 0.717) is 5.02 Å². The molecule has 1 aliphatic heterocycles. The van der Waals surface area contributed by atoms with Crippen molar-refractivity contribution < 1.29 is 28.6 Å². The van der Waals surface area contributed by atoms with Crippen LogP contribution < -0.4 is 4.90 Å². The second-order valence-corrected chi connectivity index (χ2v) is 7.90. The molecule has 1 saturated heterocycles. The van der Waals surface area contributed by atoms with Crippen molar-refractivity contribution in [3.05, 3.63) is 106 Å². The summed E-state index contributed by atoms with van der Waals surface area (Å²) in [7, 11) is 0. The van der Waals surface area contributed by atoms with E-state index in [4.69, 9.17) is 16.3 Å². The van der Waals surface area contributed by atoms with Crippen LogP contribution in [0.15, 0.2) is 78.4 Å². The summed E-state index contributed by atoms with van der Waals surface area (Å²) in [6, 6.07) is 16.4. The highest BCUT2D eigenvalue weighted by molar-refractivity contribution is 6.51. The van der Waals surface area contributed by atoms with Gasteiger partial charge < -0.3 is 9.84 Å². The first-order valence-corrected chi connectivity index (χ1v) is 10.8. The molecule has 34 heavy (non-hydrogen) atoms. The van der Waals surface area contributed by atoms with Crippen LogP contribution in [0.1, 0.15) is 34.5 Å². The lowest BCUT2D eigenvalue weighted by Gasteiger charge is -2.26. The minimum atomic E-state index is -1.23. The van der Waals surface area contributed by atoms with Crippen LogP contribution in [0.4, 0.5) is 10.1 Å². The molecule has 1 aliphatic rings. The zero-order chi connectivity index (χ0) is 24.4. The molecule has 0 spiro atoms. The number of halogens is 2. The van der Waals surface area contributed by atoms with Gasteiger partial charge in [-0.1, -0.05) is 29.8 Å². The third-order valence-corrected chi connectivity index (χ3v) is 5.67. The van der Waals surface area contributed by atoms with Gasteiger partial charge in [0, 0.05) is 21.8 Å². The summed E-state index contributed by atoms with van der Waals surface area (Å²) in [6.07, 6.45) is 0. The Morgan fingerprint density at radius 1 is 1.00 bits per heavy atom. The fraction of sp³-hybridized carbons (Fsp3) is 0.115. The second kappa shape index (κ2) is 9.49. The van der Waals surface area contributed by atoms with Gasteiger partial charge >= 0.3 is 5.97 Å². The molecule has 1 atom stereocenters. The highest BCUT2D eigenvalue weighted by Crippen LogP contribution is 2.43. The van der Waals surface area contributed by atoms with Crippen LogP contribution in [0.2, 0.25) is 5.02 Å². The molecule has 0 aliphatic carbocycles. The van der Waals surface area contributed by atoms with E-state index in [1.54, 1.807) is 13.0 Å². The average Bonchev–Trinajstić information content (AvgIpc) is 3.10. The molecule has 0 aromatic heterocycles. The maximum atomic E-state index is 14.9. The molecule has 6 nitrogen and oxygen atoms in total. The Kier molecular flexibility index (Phi) is 6.47. The highest BCUT2D eigenvalue weighted by Gasteiger charge is 2.47. The van der Waals surface area contributed by atoms with Crippen LogP contribution in [0, 0.1) is 5.82 Å². The van der Waals surface area contributed by atoms with Crippen molar-refractivity contribution in [3.63, 3.8) is 0 Å². The lowest BCUT2D eigenvalue weighted by molar-refractivity contribution is -0.132. The number of Topliss-reactive ketones (excluding diaryl/α,β-unsaturated/α-hetero) is 1. The van der Waals surface area contributed by atoms with Crippen LogP contribution in [0.5, 0.6) is 0 Å². The van der Waals surface area contributed by atoms with Crippen LogP contribution in [-0.4, -0.2) is 29.4 Å². The average molecular weight is 480 g/mol. The number of esters is 1. The standard InChI is InChI=1S/C26H19ClFNO5/c1-2-34-26(33)16-9-13-18(14-10-16)29-22(19-5-3-4-6-20(19)28)21(24(31)25(29)32)23(30)15-7-11-17(27)12-8-15/h3-14,22,30H,2H2,1H3/b23-21+/t22-/m0/s1. The molecule has 0 bridgehead atoms. The number of rotatable bonds is 5. The van der Waals surface area contributed by atoms with Crippen molar-refractivity contribution in [2.24, 2.45) is 0 Å². The molecule has 172 valence electrons. The van der Waals surface area contributed by atoms with E-state index in [1.807, 2.05) is 0 Å². The number of benzene rings is 3. The van der Waals surface area contributed by atoms with Crippen molar-refractivity contribution in [2.75, 3.05) is 11.5 Å². The van der Waals surface area contributed by atoms with Crippen molar-refractivity contribution in [2.45, 2.75) is 13.0 Å².